The Morgan fingerprint density at radius 3 is 2.10 bits per heavy atom. The fourth-order valence-corrected chi connectivity index (χ4v) is 1.46. The number of aliphatic carboxylic acids is 1. The second-order valence-corrected chi connectivity index (χ2v) is 4.15. The third-order valence-electron chi connectivity index (χ3n) is 2.47. The summed E-state index contributed by atoms with van der Waals surface area (Å²) in [4.78, 5) is 21.3. The molecular formula is C11H19NO8. The monoisotopic (exact) mass is 293 g/mol. The van der Waals surface area contributed by atoms with Crippen molar-refractivity contribution in [3.63, 3.8) is 0 Å². The summed E-state index contributed by atoms with van der Waals surface area (Å²) in [7, 11) is 0. The molecule has 7 N–H and O–H groups in total. The van der Waals surface area contributed by atoms with Gasteiger partial charge in [0.05, 0.1) is 18.8 Å². The van der Waals surface area contributed by atoms with Crippen LogP contribution < -0.4 is 5.32 Å². The SMILES string of the molecule is CC(=O)N[C@@H]([C@@H](O)[C@H](O)[C@H](O)CO)[C@@H](O)/C=C/C(=O)O. The van der Waals surface area contributed by atoms with E-state index in [1.807, 2.05) is 0 Å². The van der Waals surface area contributed by atoms with Crippen molar-refractivity contribution in [2.75, 3.05) is 6.61 Å². The van der Waals surface area contributed by atoms with Gasteiger partial charge < -0.3 is 36.0 Å². The number of amides is 1. The fraction of sp³-hybridized carbons (Fsp3) is 0.636. The molecule has 5 atom stereocenters. The topological polar surface area (TPSA) is 168 Å². The van der Waals surface area contributed by atoms with E-state index >= 15 is 0 Å². The van der Waals surface area contributed by atoms with Crippen molar-refractivity contribution in [3.8, 4) is 0 Å². The quantitative estimate of drug-likeness (QED) is 0.227. The maximum atomic E-state index is 11.0. The highest BCUT2D eigenvalue weighted by Crippen LogP contribution is 2.10. The molecule has 0 saturated heterocycles. The maximum absolute atomic E-state index is 11.0. The Kier molecular flexibility index (Phi) is 7.96. The van der Waals surface area contributed by atoms with E-state index in [-0.39, 0.29) is 0 Å². The zero-order valence-corrected chi connectivity index (χ0v) is 10.7. The Morgan fingerprint density at radius 2 is 1.70 bits per heavy atom. The van der Waals surface area contributed by atoms with Gasteiger partial charge in [0, 0.05) is 13.0 Å². The van der Waals surface area contributed by atoms with Gasteiger partial charge in [-0.1, -0.05) is 0 Å². The maximum Gasteiger partial charge on any atom is 0.328 e. The van der Waals surface area contributed by atoms with Crippen LogP contribution in [0.1, 0.15) is 6.92 Å². The van der Waals surface area contributed by atoms with Crippen LogP contribution in [0.25, 0.3) is 0 Å². The lowest BCUT2D eigenvalue weighted by Crippen LogP contribution is -2.56. The molecule has 0 aromatic carbocycles. The molecule has 0 aliphatic rings. The number of hydrogen-bond acceptors (Lipinski definition) is 7. The first-order valence-electron chi connectivity index (χ1n) is 5.72. The third kappa shape index (κ3) is 6.08. The second-order valence-electron chi connectivity index (χ2n) is 4.15. The van der Waals surface area contributed by atoms with Crippen LogP contribution in [-0.2, 0) is 9.59 Å². The molecule has 20 heavy (non-hydrogen) atoms. The van der Waals surface area contributed by atoms with Crippen molar-refractivity contribution in [2.45, 2.75) is 37.4 Å². The number of rotatable bonds is 8. The molecule has 9 nitrogen and oxygen atoms in total. The van der Waals surface area contributed by atoms with Gasteiger partial charge in [-0.05, 0) is 6.08 Å². The Hall–Kier alpha value is -1.52. The first-order chi connectivity index (χ1) is 9.20. The molecule has 0 spiro atoms. The largest absolute Gasteiger partial charge is 0.478 e. The van der Waals surface area contributed by atoms with Crippen molar-refractivity contribution in [2.24, 2.45) is 0 Å². The number of aliphatic hydroxyl groups is 5. The van der Waals surface area contributed by atoms with Gasteiger partial charge in [0.25, 0.3) is 0 Å². The molecule has 0 aliphatic heterocycles. The molecule has 0 saturated carbocycles. The molecule has 0 unspecified atom stereocenters. The minimum absolute atomic E-state index is 0.598. The highest BCUT2D eigenvalue weighted by Gasteiger charge is 2.35. The second kappa shape index (κ2) is 8.61. The zero-order chi connectivity index (χ0) is 15.9. The van der Waals surface area contributed by atoms with Crippen molar-refractivity contribution in [1.82, 2.24) is 5.32 Å². The lowest BCUT2D eigenvalue weighted by atomic mass is 9.96. The van der Waals surface area contributed by atoms with Gasteiger partial charge in [-0.3, -0.25) is 4.79 Å². The molecule has 0 rings (SSSR count). The summed E-state index contributed by atoms with van der Waals surface area (Å²) in [5.41, 5.74) is 0. The number of carbonyl (C=O) groups is 2. The van der Waals surface area contributed by atoms with E-state index in [0.717, 1.165) is 13.0 Å². The van der Waals surface area contributed by atoms with E-state index in [4.69, 9.17) is 10.2 Å². The molecule has 0 radical (unpaired) electrons. The van der Waals surface area contributed by atoms with Gasteiger partial charge in [-0.15, -0.1) is 0 Å². The highest BCUT2D eigenvalue weighted by molar-refractivity contribution is 5.79. The van der Waals surface area contributed by atoms with Crippen LogP contribution in [0.3, 0.4) is 0 Å². The summed E-state index contributed by atoms with van der Waals surface area (Å²) < 4.78 is 0. The summed E-state index contributed by atoms with van der Waals surface area (Å²) >= 11 is 0. The van der Waals surface area contributed by atoms with Crippen molar-refractivity contribution in [3.05, 3.63) is 12.2 Å². The van der Waals surface area contributed by atoms with E-state index in [9.17, 15) is 30.0 Å². The lowest BCUT2D eigenvalue weighted by Gasteiger charge is -2.31. The standard InChI is InChI=1S/C11H19NO8/c1-5(14)12-9(6(15)2-3-8(17)18)11(20)10(19)7(16)4-13/h2-3,6-7,9-11,13,15-16,19-20H,4H2,1H3,(H,12,14)(H,17,18)/b3-2+/t6-,7+,9+,10+,11+/m0/s1. The predicted molar refractivity (Wildman–Crippen MR) is 65.5 cm³/mol. The Balaban J connectivity index is 5.03. The Morgan fingerprint density at radius 1 is 1.15 bits per heavy atom. The van der Waals surface area contributed by atoms with Gasteiger partial charge in [0.1, 0.15) is 18.3 Å². The van der Waals surface area contributed by atoms with Crippen LogP contribution in [0.4, 0.5) is 0 Å². The summed E-state index contributed by atoms with van der Waals surface area (Å²) in [5.74, 6) is -2.00. The minimum atomic E-state index is -1.84. The highest BCUT2D eigenvalue weighted by atomic mass is 16.4. The number of carboxylic acid groups (broad SMARTS) is 1. The van der Waals surface area contributed by atoms with Crippen molar-refractivity contribution >= 4 is 11.9 Å². The summed E-state index contributed by atoms with van der Waals surface area (Å²) in [6, 6.07) is -1.46. The minimum Gasteiger partial charge on any atom is -0.478 e. The van der Waals surface area contributed by atoms with Gasteiger partial charge in [0.2, 0.25) is 5.91 Å². The Labute approximate surface area is 114 Å². The number of nitrogens with one attached hydrogen (secondary N) is 1. The van der Waals surface area contributed by atoms with Crippen molar-refractivity contribution < 1.29 is 40.2 Å². The van der Waals surface area contributed by atoms with E-state index in [0.29, 0.717) is 6.08 Å². The van der Waals surface area contributed by atoms with Gasteiger partial charge in [-0.2, -0.15) is 0 Å². The number of carboxylic acids is 1. The predicted octanol–water partition coefficient (Wildman–Crippen LogP) is -3.43. The fourth-order valence-electron chi connectivity index (χ4n) is 1.46. The summed E-state index contributed by atoms with van der Waals surface area (Å²) in [6.45, 7) is 0.244. The first kappa shape index (κ1) is 18.5. The average molecular weight is 293 g/mol. The van der Waals surface area contributed by atoms with Gasteiger partial charge >= 0.3 is 5.97 Å². The van der Waals surface area contributed by atoms with Crippen LogP contribution in [0, 0.1) is 0 Å². The molecule has 0 aromatic rings. The molecule has 116 valence electrons. The van der Waals surface area contributed by atoms with Gasteiger partial charge in [-0.25, -0.2) is 4.79 Å². The number of hydrogen-bond donors (Lipinski definition) is 7. The number of aliphatic hydroxyl groups excluding tert-OH is 5. The summed E-state index contributed by atoms with van der Waals surface area (Å²) in [5, 5.41) is 57.5. The van der Waals surface area contributed by atoms with Crippen LogP contribution >= 0.6 is 0 Å². The molecule has 0 bridgehead atoms. The normalized spacial score (nSPS) is 19.1. The molecule has 0 heterocycles. The molecule has 0 fully saturated rings. The molecule has 1 amide bonds. The zero-order valence-electron chi connectivity index (χ0n) is 10.7. The first-order valence-corrected chi connectivity index (χ1v) is 5.72. The van der Waals surface area contributed by atoms with E-state index in [2.05, 4.69) is 5.32 Å². The van der Waals surface area contributed by atoms with Crippen LogP contribution in [0.2, 0.25) is 0 Å². The average Bonchev–Trinajstić information content (AvgIpc) is 2.39. The van der Waals surface area contributed by atoms with Crippen molar-refractivity contribution in [1.29, 1.82) is 0 Å². The van der Waals surface area contributed by atoms with Crippen LogP contribution in [-0.4, -0.2) is 79.6 Å². The van der Waals surface area contributed by atoms with E-state index in [1.54, 1.807) is 0 Å². The molecule has 0 aromatic heterocycles. The number of carbonyl (C=O) groups excluding carboxylic acids is 1. The van der Waals surface area contributed by atoms with E-state index in [1.165, 1.54) is 0 Å². The van der Waals surface area contributed by atoms with Crippen LogP contribution in [0.15, 0.2) is 12.2 Å². The van der Waals surface area contributed by atoms with Gasteiger partial charge in [0.15, 0.2) is 0 Å². The van der Waals surface area contributed by atoms with E-state index < -0.39 is 48.9 Å². The molecular weight excluding hydrogens is 274 g/mol. The third-order valence-corrected chi connectivity index (χ3v) is 2.47. The lowest BCUT2D eigenvalue weighted by molar-refractivity contribution is -0.131. The Bertz CT molecular complexity index is 358. The molecule has 9 heteroatoms. The summed E-state index contributed by atoms with van der Waals surface area (Å²) in [6.07, 6.45) is -5.58. The van der Waals surface area contributed by atoms with Crippen LogP contribution in [0.5, 0.6) is 0 Å². The molecule has 0 aliphatic carbocycles. The smallest absolute Gasteiger partial charge is 0.328 e.